The van der Waals surface area contributed by atoms with Crippen molar-refractivity contribution in [3.63, 3.8) is 0 Å². The lowest BCUT2D eigenvalue weighted by atomic mass is 10.0. The molecule has 1 aliphatic heterocycles. The van der Waals surface area contributed by atoms with Gasteiger partial charge in [-0.2, -0.15) is 0 Å². The van der Waals surface area contributed by atoms with Crippen LogP contribution in [0.2, 0.25) is 5.02 Å². The van der Waals surface area contributed by atoms with E-state index in [-0.39, 0.29) is 12.5 Å². The average Bonchev–Trinajstić information content (AvgIpc) is 2.57. The zero-order valence-electron chi connectivity index (χ0n) is 15.8. The van der Waals surface area contributed by atoms with Crippen LogP contribution >= 0.6 is 35.6 Å². The molecule has 0 bridgehead atoms. The van der Waals surface area contributed by atoms with Crippen LogP contribution in [0.15, 0.2) is 24.3 Å². The van der Waals surface area contributed by atoms with Crippen LogP contribution in [0.5, 0.6) is 0 Å². The van der Waals surface area contributed by atoms with Crippen LogP contribution < -0.4 is 5.32 Å². The Balaban J connectivity index is 2.00. The number of alkyl carbamates (subject to hydrolysis) is 1. The van der Waals surface area contributed by atoms with Gasteiger partial charge < -0.3 is 15.0 Å². The number of carbonyl (C=O) groups is 2. The van der Waals surface area contributed by atoms with Crippen molar-refractivity contribution >= 4 is 51.9 Å². The van der Waals surface area contributed by atoms with E-state index < -0.39 is 16.9 Å². The normalized spacial score (nSPS) is 19.3. The molecule has 0 saturated carbocycles. The number of thioether (sulfide) groups is 1. The van der Waals surface area contributed by atoms with E-state index >= 15 is 0 Å². The maximum Gasteiger partial charge on any atom is 0.408 e. The fraction of sp³-hybridized carbons (Fsp3) is 0.500. The third-order valence-corrected chi connectivity index (χ3v) is 5.97. The minimum atomic E-state index is -0.728. The van der Waals surface area contributed by atoms with E-state index in [9.17, 15) is 9.59 Å². The third-order valence-electron chi connectivity index (χ3n) is 4.10. The fourth-order valence-corrected chi connectivity index (χ4v) is 4.48. The Morgan fingerprint density at radius 3 is 2.59 bits per heavy atom. The van der Waals surface area contributed by atoms with Crippen LogP contribution in [0.3, 0.4) is 0 Å². The van der Waals surface area contributed by atoms with Gasteiger partial charge >= 0.3 is 6.09 Å². The molecule has 1 atom stereocenters. The van der Waals surface area contributed by atoms with E-state index in [0.717, 1.165) is 5.56 Å². The molecule has 6 nitrogen and oxygen atoms in total. The second kappa shape index (κ2) is 9.23. The first-order chi connectivity index (χ1) is 12.6. The van der Waals surface area contributed by atoms with Crippen LogP contribution in [0, 0.1) is 0 Å². The molecule has 9 heteroatoms. The molecular formula is C18H24ClN3O3S2. The molecule has 148 valence electrons. The van der Waals surface area contributed by atoms with Gasteiger partial charge in [-0.3, -0.25) is 9.69 Å². The van der Waals surface area contributed by atoms with Crippen LogP contribution in [-0.4, -0.2) is 64.1 Å². The number of nitrogens with one attached hydrogen (secondary N) is 1. The standard InChI is InChI=1S/C18H24ClN3O3S2/c1-18(2)14(15(23)22(17(26)27-18)10-9-21(3)4)20-16(24)25-11-12-5-7-13(19)8-6-12/h5-8,14H,9-11H2,1-4H3,(H,20,24). The monoisotopic (exact) mass is 429 g/mol. The Kier molecular flexibility index (Phi) is 7.50. The molecule has 1 fully saturated rings. The first-order valence-corrected chi connectivity index (χ1v) is 10.1. The van der Waals surface area contributed by atoms with E-state index in [1.54, 1.807) is 29.2 Å². The zero-order valence-corrected chi connectivity index (χ0v) is 18.2. The topological polar surface area (TPSA) is 61.9 Å². The van der Waals surface area contributed by atoms with Gasteiger partial charge in [0.05, 0.1) is 0 Å². The summed E-state index contributed by atoms with van der Waals surface area (Å²) in [6, 6.07) is 6.29. The number of ether oxygens (including phenoxy) is 1. The second-order valence-corrected chi connectivity index (χ2v) is 9.77. The van der Waals surface area contributed by atoms with E-state index in [0.29, 0.717) is 22.4 Å². The maximum atomic E-state index is 12.9. The maximum absolute atomic E-state index is 12.9. The van der Waals surface area contributed by atoms with E-state index in [2.05, 4.69) is 5.32 Å². The molecular weight excluding hydrogens is 406 g/mol. The molecule has 0 radical (unpaired) electrons. The second-order valence-electron chi connectivity index (χ2n) is 7.04. The summed E-state index contributed by atoms with van der Waals surface area (Å²) in [6.45, 7) is 5.02. The highest BCUT2D eigenvalue weighted by Crippen LogP contribution is 2.36. The highest BCUT2D eigenvalue weighted by Gasteiger charge is 2.46. The van der Waals surface area contributed by atoms with Crippen molar-refractivity contribution in [3.8, 4) is 0 Å². The Morgan fingerprint density at radius 1 is 1.37 bits per heavy atom. The van der Waals surface area contributed by atoms with Crippen molar-refractivity contribution in [2.24, 2.45) is 0 Å². The number of rotatable bonds is 6. The Morgan fingerprint density at radius 2 is 2.00 bits per heavy atom. The van der Waals surface area contributed by atoms with Gasteiger partial charge in [0.2, 0.25) is 0 Å². The van der Waals surface area contributed by atoms with Crippen molar-refractivity contribution < 1.29 is 14.3 Å². The fourth-order valence-electron chi connectivity index (χ4n) is 2.51. The molecule has 0 spiro atoms. The van der Waals surface area contributed by atoms with Gasteiger partial charge in [-0.05, 0) is 45.6 Å². The molecule has 1 aromatic carbocycles. The van der Waals surface area contributed by atoms with Crippen LogP contribution in [0.4, 0.5) is 4.79 Å². The molecule has 2 amide bonds. The highest BCUT2D eigenvalue weighted by atomic mass is 35.5. The van der Waals surface area contributed by atoms with Gasteiger partial charge in [0, 0.05) is 22.9 Å². The molecule has 1 aromatic rings. The lowest BCUT2D eigenvalue weighted by molar-refractivity contribution is -0.130. The van der Waals surface area contributed by atoms with Crippen molar-refractivity contribution in [2.45, 2.75) is 31.2 Å². The van der Waals surface area contributed by atoms with Crippen molar-refractivity contribution in [1.82, 2.24) is 15.1 Å². The average molecular weight is 430 g/mol. The molecule has 0 aromatic heterocycles. The highest BCUT2D eigenvalue weighted by molar-refractivity contribution is 8.24. The van der Waals surface area contributed by atoms with Crippen molar-refractivity contribution in [1.29, 1.82) is 0 Å². The van der Waals surface area contributed by atoms with Gasteiger partial charge in [0.15, 0.2) is 0 Å². The Labute approximate surface area is 174 Å². The summed E-state index contributed by atoms with van der Waals surface area (Å²) in [5.41, 5.74) is 0.812. The predicted molar refractivity (Wildman–Crippen MR) is 113 cm³/mol. The van der Waals surface area contributed by atoms with Crippen LogP contribution in [0.25, 0.3) is 0 Å². The minimum absolute atomic E-state index is 0.0975. The third kappa shape index (κ3) is 6.07. The molecule has 1 heterocycles. The van der Waals surface area contributed by atoms with Gasteiger partial charge in [-0.15, -0.1) is 0 Å². The lowest BCUT2D eigenvalue weighted by Gasteiger charge is -2.42. The van der Waals surface area contributed by atoms with E-state index in [1.165, 1.54) is 11.8 Å². The number of benzene rings is 1. The Hall–Kier alpha value is -1.35. The summed E-state index contributed by atoms with van der Waals surface area (Å²) in [7, 11) is 3.86. The summed E-state index contributed by atoms with van der Waals surface area (Å²) < 4.78 is 5.22. The lowest BCUT2D eigenvalue weighted by Crippen LogP contribution is -2.62. The van der Waals surface area contributed by atoms with E-state index in [4.69, 9.17) is 28.6 Å². The number of likely N-dealkylation sites (N-methyl/N-ethyl adjacent to an activating group) is 1. The number of nitrogens with zero attached hydrogens (tertiary/aromatic N) is 2. The first kappa shape index (κ1) is 21.9. The van der Waals surface area contributed by atoms with Crippen LogP contribution in [0.1, 0.15) is 19.4 Å². The van der Waals surface area contributed by atoms with Gasteiger partial charge in [-0.25, -0.2) is 4.79 Å². The summed E-state index contributed by atoms with van der Waals surface area (Å²) >= 11 is 12.6. The largest absolute Gasteiger partial charge is 0.445 e. The SMILES string of the molecule is CN(C)CCN1C(=O)C(NC(=O)OCc2ccc(Cl)cc2)C(C)(C)SC1=S. The number of thiocarbonyl (C=S) groups is 1. The number of amides is 2. The quantitative estimate of drug-likeness (QED) is 0.701. The molecule has 1 aliphatic rings. The number of hydrogen-bond donors (Lipinski definition) is 1. The summed E-state index contributed by atoms with van der Waals surface area (Å²) in [4.78, 5) is 28.7. The smallest absolute Gasteiger partial charge is 0.408 e. The molecule has 1 unspecified atom stereocenters. The molecule has 0 aliphatic carbocycles. The van der Waals surface area contributed by atoms with Crippen LogP contribution in [-0.2, 0) is 16.1 Å². The molecule has 1 saturated heterocycles. The first-order valence-electron chi connectivity index (χ1n) is 8.47. The molecule has 1 N–H and O–H groups in total. The summed E-state index contributed by atoms with van der Waals surface area (Å²) in [6.07, 6.45) is -0.641. The minimum Gasteiger partial charge on any atom is -0.445 e. The molecule has 27 heavy (non-hydrogen) atoms. The summed E-state index contributed by atoms with van der Waals surface area (Å²) in [5, 5.41) is 3.32. The van der Waals surface area contributed by atoms with Gasteiger partial charge in [-0.1, -0.05) is 47.7 Å². The van der Waals surface area contributed by atoms with Crippen molar-refractivity contribution in [3.05, 3.63) is 34.9 Å². The van der Waals surface area contributed by atoms with Gasteiger partial charge in [0.25, 0.3) is 5.91 Å². The van der Waals surface area contributed by atoms with Crippen molar-refractivity contribution in [2.75, 3.05) is 27.2 Å². The van der Waals surface area contributed by atoms with E-state index in [1.807, 2.05) is 32.8 Å². The number of hydrogen-bond acceptors (Lipinski definition) is 6. The van der Waals surface area contributed by atoms with Gasteiger partial charge in [0.1, 0.15) is 17.0 Å². The Bertz CT molecular complexity index is 710. The number of halogens is 1. The summed E-state index contributed by atoms with van der Waals surface area (Å²) in [5.74, 6) is -0.214. The molecule has 2 rings (SSSR count). The number of carbonyl (C=O) groups excluding carboxylic acids is 2. The predicted octanol–water partition coefficient (Wildman–Crippen LogP) is 3.14. The zero-order chi connectivity index (χ0) is 20.2.